The predicted octanol–water partition coefficient (Wildman–Crippen LogP) is 4.55. The molecule has 1 aromatic carbocycles. The molecule has 1 aromatic heterocycles. The van der Waals surface area contributed by atoms with Gasteiger partial charge in [-0.15, -0.1) is 0 Å². The zero-order valence-electron chi connectivity index (χ0n) is 13.6. The Morgan fingerprint density at radius 3 is 2.77 bits per heavy atom. The Morgan fingerprint density at radius 1 is 1.31 bits per heavy atom. The van der Waals surface area contributed by atoms with E-state index in [4.69, 9.17) is 28.2 Å². The smallest absolute Gasteiger partial charge is 0.266 e. The lowest BCUT2D eigenvalue weighted by molar-refractivity contribution is -0.122. The number of thioether (sulfide) groups is 1. The van der Waals surface area contributed by atoms with Gasteiger partial charge in [0.25, 0.3) is 5.91 Å². The first-order chi connectivity index (χ1) is 12.5. The molecule has 1 aliphatic heterocycles. The fourth-order valence-corrected chi connectivity index (χ4v) is 3.76. The highest BCUT2D eigenvalue weighted by molar-refractivity contribution is 8.26. The van der Waals surface area contributed by atoms with Gasteiger partial charge < -0.3 is 9.73 Å². The van der Waals surface area contributed by atoms with Crippen molar-refractivity contribution in [2.24, 2.45) is 0 Å². The van der Waals surface area contributed by atoms with E-state index >= 15 is 0 Å². The van der Waals surface area contributed by atoms with Crippen LogP contribution >= 0.6 is 35.6 Å². The van der Waals surface area contributed by atoms with Crippen molar-refractivity contribution < 1.29 is 14.0 Å². The molecule has 0 aliphatic carbocycles. The van der Waals surface area contributed by atoms with Crippen molar-refractivity contribution in [2.75, 3.05) is 11.9 Å². The Hall–Kier alpha value is -2.09. The summed E-state index contributed by atoms with van der Waals surface area (Å²) in [5, 5.41) is 3.40. The average Bonchev–Trinajstić information content (AvgIpc) is 3.21. The second-order valence-electron chi connectivity index (χ2n) is 5.51. The molecular weight excluding hydrogens is 392 g/mol. The van der Waals surface area contributed by atoms with E-state index in [1.54, 1.807) is 48.7 Å². The number of hydrogen-bond donors (Lipinski definition) is 1. The molecule has 2 heterocycles. The van der Waals surface area contributed by atoms with Gasteiger partial charge in [0.2, 0.25) is 5.91 Å². The highest BCUT2D eigenvalue weighted by Gasteiger charge is 2.31. The third kappa shape index (κ3) is 4.75. The molecule has 1 fully saturated rings. The molecule has 0 radical (unpaired) electrons. The maximum Gasteiger partial charge on any atom is 0.266 e. The van der Waals surface area contributed by atoms with Crippen molar-refractivity contribution in [2.45, 2.75) is 12.8 Å². The van der Waals surface area contributed by atoms with Gasteiger partial charge >= 0.3 is 0 Å². The summed E-state index contributed by atoms with van der Waals surface area (Å²) in [7, 11) is 0. The number of amides is 2. The van der Waals surface area contributed by atoms with Gasteiger partial charge in [-0.1, -0.05) is 35.6 Å². The molecule has 1 aliphatic rings. The molecule has 0 saturated carbocycles. The first kappa shape index (κ1) is 18.7. The van der Waals surface area contributed by atoms with Crippen LogP contribution in [0.25, 0.3) is 6.08 Å². The van der Waals surface area contributed by atoms with Crippen LogP contribution in [0, 0.1) is 0 Å². The van der Waals surface area contributed by atoms with Crippen LogP contribution in [-0.4, -0.2) is 27.6 Å². The van der Waals surface area contributed by atoms with Gasteiger partial charge in [-0.2, -0.15) is 0 Å². The molecule has 8 heteroatoms. The number of benzene rings is 1. The number of halogens is 1. The number of carbonyl (C=O) groups is 2. The minimum absolute atomic E-state index is 0.121. The summed E-state index contributed by atoms with van der Waals surface area (Å²) in [6, 6.07) is 10.4. The third-order valence-corrected chi connectivity index (χ3v) is 5.23. The number of nitrogens with one attached hydrogen (secondary N) is 1. The molecule has 0 bridgehead atoms. The van der Waals surface area contributed by atoms with E-state index in [0.29, 0.717) is 38.7 Å². The zero-order chi connectivity index (χ0) is 18.5. The molecule has 1 saturated heterocycles. The van der Waals surface area contributed by atoms with Crippen molar-refractivity contribution in [3.63, 3.8) is 0 Å². The van der Waals surface area contributed by atoms with Crippen LogP contribution in [0.3, 0.4) is 0 Å². The standard InChI is InChI=1S/C18H15ClN2O3S2/c19-12-5-7-13(8-6-12)20-16(22)4-1-9-21-17(23)15(26-18(21)25)11-14-3-2-10-24-14/h2-3,5-8,10-11H,1,4,9H2,(H,20,22)/b15-11-. The van der Waals surface area contributed by atoms with Crippen LogP contribution in [-0.2, 0) is 9.59 Å². The van der Waals surface area contributed by atoms with E-state index in [1.165, 1.54) is 16.7 Å². The lowest BCUT2D eigenvalue weighted by Gasteiger charge is -2.14. The second-order valence-corrected chi connectivity index (χ2v) is 7.62. The summed E-state index contributed by atoms with van der Waals surface area (Å²) in [5.41, 5.74) is 0.686. The first-order valence-electron chi connectivity index (χ1n) is 7.87. The quantitative estimate of drug-likeness (QED) is 0.563. The van der Waals surface area contributed by atoms with E-state index in [2.05, 4.69) is 5.32 Å². The molecule has 26 heavy (non-hydrogen) atoms. The van der Waals surface area contributed by atoms with Gasteiger partial charge in [0.1, 0.15) is 10.1 Å². The Kier molecular flexibility index (Phi) is 6.13. The number of anilines is 1. The van der Waals surface area contributed by atoms with Crippen molar-refractivity contribution in [3.8, 4) is 0 Å². The van der Waals surface area contributed by atoms with E-state index < -0.39 is 0 Å². The molecule has 0 atom stereocenters. The molecule has 134 valence electrons. The maximum atomic E-state index is 12.4. The fraction of sp³-hybridized carbons (Fsp3) is 0.167. The normalized spacial score (nSPS) is 15.7. The Balaban J connectivity index is 1.50. The van der Waals surface area contributed by atoms with E-state index in [0.717, 1.165) is 0 Å². The molecular formula is C18H15ClN2O3S2. The molecule has 1 N–H and O–H groups in total. The second kappa shape index (κ2) is 8.53. The minimum Gasteiger partial charge on any atom is -0.465 e. The summed E-state index contributed by atoms with van der Waals surface area (Å²) in [6.07, 6.45) is 4.02. The third-order valence-electron chi connectivity index (χ3n) is 3.60. The van der Waals surface area contributed by atoms with Crippen LogP contribution in [0.4, 0.5) is 5.69 Å². The summed E-state index contributed by atoms with van der Waals surface area (Å²) in [6.45, 7) is 0.397. The number of rotatable bonds is 6. The molecule has 0 unspecified atom stereocenters. The fourth-order valence-electron chi connectivity index (χ4n) is 2.35. The largest absolute Gasteiger partial charge is 0.465 e. The molecule has 3 rings (SSSR count). The van der Waals surface area contributed by atoms with Gasteiger partial charge in [0, 0.05) is 29.8 Å². The Bertz CT molecular complexity index is 848. The number of hydrogen-bond acceptors (Lipinski definition) is 5. The van der Waals surface area contributed by atoms with Gasteiger partial charge in [0.05, 0.1) is 11.2 Å². The Labute approximate surface area is 165 Å². The van der Waals surface area contributed by atoms with E-state index in [9.17, 15) is 9.59 Å². The predicted molar refractivity (Wildman–Crippen MR) is 108 cm³/mol. The maximum absolute atomic E-state index is 12.4. The monoisotopic (exact) mass is 406 g/mol. The lowest BCUT2D eigenvalue weighted by Crippen LogP contribution is -2.29. The number of thiocarbonyl (C=S) groups is 1. The lowest BCUT2D eigenvalue weighted by atomic mass is 10.2. The van der Waals surface area contributed by atoms with Gasteiger partial charge in [-0.05, 0) is 42.8 Å². The highest BCUT2D eigenvalue weighted by Crippen LogP contribution is 2.32. The summed E-state index contributed by atoms with van der Waals surface area (Å²) in [4.78, 5) is 26.5. The van der Waals surface area contributed by atoms with Crippen molar-refractivity contribution in [3.05, 3.63) is 58.3 Å². The van der Waals surface area contributed by atoms with Crippen LogP contribution in [0.5, 0.6) is 0 Å². The van der Waals surface area contributed by atoms with Crippen LogP contribution < -0.4 is 5.32 Å². The SMILES string of the molecule is O=C(CCCN1C(=O)/C(=C/c2ccco2)SC1=S)Nc1ccc(Cl)cc1. The molecule has 5 nitrogen and oxygen atoms in total. The van der Waals surface area contributed by atoms with E-state index in [1.807, 2.05) is 0 Å². The average molecular weight is 407 g/mol. The minimum atomic E-state index is -0.158. The number of nitrogens with zero attached hydrogens (tertiary/aromatic N) is 1. The van der Waals surface area contributed by atoms with Gasteiger partial charge in [-0.25, -0.2) is 0 Å². The van der Waals surface area contributed by atoms with Crippen LogP contribution in [0.2, 0.25) is 5.02 Å². The molecule has 2 amide bonds. The van der Waals surface area contributed by atoms with Gasteiger partial charge in [-0.3, -0.25) is 14.5 Å². The summed E-state index contributed by atoms with van der Waals surface area (Å²) < 4.78 is 5.72. The van der Waals surface area contributed by atoms with E-state index in [-0.39, 0.29) is 18.2 Å². The van der Waals surface area contributed by atoms with Crippen molar-refractivity contribution >= 4 is 63.5 Å². The Morgan fingerprint density at radius 2 is 2.08 bits per heavy atom. The molecule has 0 spiro atoms. The van der Waals surface area contributed by atoms with Gasteiger partial charge in [0.15, 0.2) is 0 Å². The number of furan rings is 1. The van der Waals surface area contributed by atoms with Crippen molar-refractivity contribution in [1.82, 2.24) is 4.90 Å². The first-order valence-corrected chi connectivity index (χ1v) is 9.47. The zero-order valence-corrected chi connectivity index (χ0v) is 16.0. The number of carbonyl (C=O) groups excluding carboxylic acids is 2. The van der Waals surface area contributed by atoms with Crippen LogP contribution in [0.15, 0.2) is 52.0 Å². The summed E-state index contributed by atoms with van der Waals surface area (Å²) in [5.74, 6) is 0.325. The molecule has 2 aromatic rings. The summed E-state index contributed by atoms with van der Waals surface area (Å²) >= 11 is 12.3. The highest BCUT2D eigenvalue weighted by atomic mass is 35.5. The topological polar surface area (TPSA) is 62.6 Å². The van der Waals surface area contributed by atoms with Crippen LogP contribution in [0.1, 0.15) is 18.6 Å². The van der Waals surface area contributed by atoms with Crippen molar-refractivity contribution in [1.29, 1.82) is 0 Å².